The first kappa shape index (κ1) is 14.4. The van der Waals surface area contributed by atoms with E-state index in [1.165, 1.54) is 6.07 Å². The first-order valence-electron chi connectivity index (χ1n) is 7.02. The Hall–Kier alpha value is -2.57. The molecule has 0 unspecified atom stereocenters. The molecule has 1 aliphatic heterocycles. The van der Waals surface area contributed by atoms with Gasteiger partial charge in [-0.15, -0.1) is 0 Å². The van der Waals surface area contributed by atoms with Crippen LogP contribution < -0.4 is 10.4 Å². The molecule has 0 bridgehead atoms. The summed E-state index contributed by atoms with van der Waals surface area (Å²) in [5.74, 6) is 1.38. The molecule has 1 fully saturated rings. The van der Waals surface area contributed by atoms with E-state index < -0.39 is 5.63 Å². The summed E-state index contributed by atoms with van der Waals surface area (Å²) in [7, 11) is 0. The number of hydrogen-bond acceptors (Lipinski definition) is 6. The first-order valence-corrected chi connectivity index (χ1v) is 7.02. The van der Waals surface area contributed by atoms with Gasteiger partial charge in [-0.1, -0.05) is 5.16 Å². The Kier molecular flexibility index (Phi) is 3.70. The van der Waals surface area contributed by atoms with E-state index in [4.69, 9.17) is 13.7 Å². The molecule has 2 aromatic rings. The fraction of sp³-hybridized carbons (Fsp3) is 0.400. The van der Waals surface area contributed by atoms with Gasteiger partial charge in [0.1, 0.15) is 23.4 Å². The van der Waals surface area contributed by atoms with Gasteiger partial charge in [-0.25, -0.2) is 4.79 Å². The highest BCUT2D eigenvalue weighted by Gasteiger charge is 2.29. The Morgan fingerprint density at radius 3 is 2.82 bits per heavy atom. The molecule has 1 atom stereocenters. The minimum absolute atomic E-state index is 0.154. The van der Waals surface area contributed by atoms with Crippen molar-refractivity contribution in [2.75, 3.05) is 13.1 Å². The third-order valence-electron chi connectivity index (χ3n) is 3.45. The number of ether oxygens (including phenoxy) is 1. The molecular weight excluding hydrogens is 288 g/mol. The molecule has 1 aliphatic rings. The zero-order valence-electron chi connectivity index (χ0n) is 12.4. The topological polar surface area (TPSA) is 85.8 Å². The lowest BCUT2D eigenvalue weighted by molar-refractivity contribution is 0.0762. The van der Waals surface area contributed by atoms with Crippen molar-refractivity contribution in [2.45, 2.75) is 26.4 Å². The molecule has 7 nitrogen and oxygen atoms in total. The van der Waals surface area contributed by atoms with Crippen LogP contribution in [0.2, 0.25) is 0 Å². The largest absolute Gasteiger partial charge is 0.488 e. The summed E-state index contributed by atoms with van der Waals surface area (Å²) in [5.41, 5.74) is -0.145. The smallest absolute Gasteiger partial charge is 0.339 e. The lowest BCUT2D eigenvalue weighted by Gasteiger charge is -2.16. The Balaban J connectivity index is 1.65. The third-order valence-corrected chi connectivity index (χ3v) is 3.45. The predicted octanol–water partition coefficient (Wildman–Crippen LogP) is 1.54. The number of rotatable bonds is 3. The van der Waals surface area contributed by atoms with Crippen molar-refractivity contribution < 1.29 is 18.5 Å². The van der Waals surface area contributed by atoms with Crippen LogP contribution in [-0.4, -0.2) is 35.2 Å². The predicted molar refractivity (Wildman–Crippen MR) is 75.9 cm³/mol. The lowest BCUT2D eigenvalue weighted by Crippen LogP contribution is -2.31. The van der Waals surface area contributed by atoms with Crippen molar-refractivity contribution in [1.29, 1.82) is 0 Å². The number of aromatic nitrogens is 1. The van der Waals surface area contributed by atoms with E-state index in [-0.39, 0.29) is 12.0 Å². The molecule has 116 valence electrons. The molecule has 3 heterocycles. The molecule has 0 spiro atoms. The summed E-state index contributed by atoms with van der Waals surface area (Å²) in [5, 5.41) is 3.73. The summed E-state index contributed by atoms with van der Waals surface area (Å²) in [6.07, 6.45) is 0.542. The number of likely N-dealkylation sites (tertiary alicyclic amines) is 1. The van der Waals surface area contributed by atoms with Gasteiger partial charge in [0, 0.05) is 25.1 Å². The highest BCUT2D eigenvalue weighted by molar-refractivity contribution is 5.92. The normalized spacial score (nSPS) is 17.7. The third kappa shape index (κ3) is 3.03. The van der Waals surface area contributed by atoms with Gasteiger partial charge in [-0.05, 0) is 13.8 Å². The van der Waals surface area contributed by atoms with Gasteiger partial charge in [0.25, 0.3) is 5.91 Å². The molecule has 0 saturated carbocycles. The van der Waals surface area contributed by atoms with Crippen LogP contribution in [0.25, 0.3) is 0 Å². The van der Waals surface area contributed by atoms with Crippen molar-refractivity contribution in [3.63, 3.8) is 0 Å². The Bertz CT molecular complexity index is 748. The molecule has 3 rings (SSSR count). The van der Waals surface area contributed by atoms with Gasteiger partial charge in [0.05, 0.1) is 12.6 Å². The lowest BCUT2D eigenvalue weighted by atomic mass is 10.3. The van der Waals surface area contributed by atoms with Crippen molar-refractivity contribution in [1.82, 2.24) is 10.1 Å². The zero-order valence-corrected chi connectivity index (χ0v) is 12.4. The molecule has 0 N–H and O–H groups in total. The molecule has 22 heavy (non-hydrogen) atoms. The molecule has 0 aliphatic carbocycles. The second kappa shape index (κ2) is 5.67. The molecule has 1 amide bonds. The maximum absolute atomic E-state index is 12.2. The van der Waals surface area contributed by atoms with Crippen LogP contribution in [0.1, 0.15) is 28.4 Å². The van der Waals surface area contributed by atoms with Gasteiger partial charge in [-0.2, -0.15) is 0 Å². The highest BCUT2D eigenvalue weighted by atomic mass is 16.5. The van der Waals surface area contributed by atoms with Crippen molar-refractivity contribution in [3.8, 4) is 5.75 Å². The molecule has 0 radical (unpaired) electrons. The number of amides is 1. The second-order valence-corrected chi connectivity index (χ2v) is 5.33. The minimum Gasteiger partial charge on any atom is -0.488 e. The minimum atomic E-state index is -0.445. The van der Waals surface area contributed by atoms with Crippen molar-refractivity contribution in [2.24, 2.45) is 0 Å². The molecule has 2 aromatic heterocycles. The van der Waals surface area contributed by atoms with Gasteiger partial charge in [-0.3, -0.25) is 4.79 Å². The van der Waals surface area contributed by atoms with Crippen LogP contribution in [0, 0.1) is 13.8 Å². The molecule has 1 saturated heterocycles. The van der Waals surface area contributed by atoms with E-state index >= 15 is 0 Å². The van der Waals surface area contributed by atoms with Crippen LogP contribution in [0.4, 0.5) is 0 Å². The molecular formula is C15H16N2O5. The van der Waals surface area contributed by atoms with Crippen LogP contribution >= 0.6 is 0 Å². The summed E-state index contributed by atoms with van der Waals surface area (Å²) < 4.78 is 15.6. The van der Waals surface area contributed by atoms with E-state index in [0.29, 0.717) is 42.5 Å². The zero-order chi connectivity index (χ0) is 15.7. The summed E-state index contributed by atoms with van der Waals surface area (Å²) >= 11 is 0. The standard InChI is InChI=1S/C15H16N2O5/c1-9-5-12(7-14(18)20-9)21-11-3-4-17(8-11)15(19)13-6-10(2)22-16-13/h5-7,11H,3-4,8H2,1-2H3/t11-/m0/s1. The first-order chi connectivity index (χ1) is 10.5. The van der Waals surface area contributed by atoms with E-state index in [2.05, 4.69) is 5.16 Å². The summed E-state index contributed by atoms with van der Waals surface area (Å²) in [6, 6.07) is 4.58. The fourth-order valence-electron chi connectivity index (χ4n) is 2.47. The fourth-order valence-corrected chi connectivity index (χ4v) is 2.47. The average molecular weight is 304 g/mol. The van der Waals surface area contributed by atoms with Crippen LogP contribution in [0.15, 0.2) is 31.9 Å². The van der Waals surface area contributed by atoms with Gasteiger partial charge in [0.2, 0.25) is 0 Å². The number of aryl methyl sites for hydroxylation is 2. The van der Waals surface area contributed by atoms with Crippen molar-refractivity contribution in [3.05, 3.63) is 45.8 Å². The molecule has 0 aromatic carbocycles. The summed E-state index contributed by atoms with van der Waals surface area (Å²) in [6.45, 7) is 4.45. The maximum Gasteiger partial charge on any atom is 0.339 e. The maximum atomic E-state index is 12.2. The van der Waals surface area contributed by atoms with Crippen LogP contribution in [0.3, 0.4) is 0 Å². The average Bonchev–Trinajstić information content (AvgIpc) is 3.06. The van der Waals surface area contributed by atoms with Gasteiger partial charge in [0.15, 0.2) is 5.69 Å². The second-order valence-electron chi connectivity index (χ2n) is 5.33. The molecule has 7 heteroatoms. The monoisotopic (exact) mass is 304 g/mol. The summed E-state index contributed by atoms with van der Waals surface area (Å²) in [4.78, 5) is 25.2. The van der Waals surface area contributed by atoms with E-state index in [1.54, 1.807) is 30.9 Å². The number of nitrogens with zero attached hydrogens (tertiary/aromatic N) is 2. The van der Waals surface area contributed by atoms with Crippen LogP contribution in [0.5, 0.6) is 5.75 Å². The Morgan fingerprint density at radius 1 is 1.32 bits per heavy atom. The Labute approximate surface area is 126 Å². The number of carbonyl (C=O) groups is 1. The number of hydrogen-bond donors (Lipinski definition) is 0. The van der Waals surface area contributed by atoms with Gasteiger partial charge < -0.3 is 18.6 Å². The highest BCUT2D eigenvalue weighted by Crippen LogP contribution is 2.19. The van der Waals surface area contributed by atoms with E-state index in [0.717, 1.165) is 0 Å². The van der Waals surface area contributed by atoms with Crippen LogP contribution in [-0.2, 0) is 0 Å². The van der Waals surface area contributed by atoms with E-state index in [1.807, 2.05) is 0 Å². The number of carbonyl (C=O) groups excluding carboxylic acids is 1. The van der Waals surface area contributed by atoms with Crippen molar-refractivity contribution >= 4 is 5.91 Å². The quantitative estimate of drug-likeness (QED) is 0.855. The van der Waals surface area contributed by atoms with E-state index in [9.17, 15) is 9.59 Å². The van der Waals surface area contributed by atoms with Gasteiger partial charge >= 0.3 is 5.63 Å². The Morgan fingerprint density at radius 2 is 2.14 bits per heavy atom. The SMILES string of the molecule is Cc1cc(C(=O)N2CC[C@H](Oc3cc(C)oc(=O)c3)C2)no1.